The molecule has 2 amide bonds. The van der Waals surface area contributed by atoms with Gasteiger partial charge in [-0.1, -0.05) is 25.0 Å². The summed E-state index contributed by atoms with van der Waals surface area (Å²) < 4.78 is 0. The molecule has 3 heterocycles. The van der Waals surface area contributed by atoms with Crippen LogP contribution in [0.4, 0.5) is 5.69 Å². The topological polar surface area (TPSA) is 65.5 Å². The summed E-state index contributed by atoms with van der Waals surface area (Å²) in [5, 5.41) is 3.12. The largest absolute Gasteiger partial charge is 0.371 e. The molecule has 2 unspecified atom stereocenters. The average Bonchev–Trinajstić information content (AvgIpc) is 3.59. The van der Waals surface area contributed by atoms with Crippen LogP contribution in [0.1, 0.15) is 65.7 Å². The predicted molar refractivity (Wildman–Crippen MR) is 143 cm³/mol. The molecule has 1 aromatic carbocycles. The van der Waals surface area contributed by atoms with E-state index in [0.717, 1.165) is 62.4 Å². The molecule has 2 saturated heterocycles. The van der Waals surface area contributed by atoms with E-state index in [2.05, 4.69) is 39.5 Å². The Kier molecular flexibility index (Phi) is 7.59. The number of hydrogen-bond acceptors (Lipinski definition) is 4. The van der Waals surface area contributed by atoms with Crippen molar-refractivity contribution in [1.82, 2.24) is 15.2 Å². The minimum Gasteiger partial charge on any atom is -0.371 e. The highest BCUT2D eigenvalue weighted by molar-refractivity contribution is 5.96. The zero-order valence-electron chi connectivity index (χ0n) is 21.8. The lowest BCUT2D eigenvalue weighted by Crippen LogP contribution is -2.34. The van der Waals surface area contributed by atoms with E-state index in [0.29, 0.717) is 24.2 Å². The summed E-state index contributed by atoms with van der Waals surface area (Å²) in [5.74, 6) is 2.00. The first-order valence-electron chi connectivity index (χ1n) is 13.8. The zero-order valence-corrected chi connectivity index (χ0v) is 21.8. The lowest BCUT2D eigenvalue weighted by Gasteiger charge is -2.24. The third-order valence-corrected chi connectivity index (χ3v) is 8.53. The fourth-order valence-electron chi connectivity index (χ4n) is 6.52. The molecule has 36 heavy (non-hydrogen) atoms. The molecule has 1 aromatic heterocycles. The van der Waals surface area contributed by atoms with Crippen LogP contribution in [0, 0.1) is 31.6 Å². The molecule has 5 rings (SSSR count). The number of aromatic nitrogens is 1. The first kappa shape index (κ1) is 24.8. The van der Waals surface area contributed by atoms with Crippen LogP contribution < -0.4 is 10.2 Å². The molecule has 3 fully saturated rings. The van der Waals surface area contributed by atoms with Gasteiger partial charge < -0.3 is 15.1 Å². The predicted octanol–water partition coefficient (Wildman–Crippen LogP) is 4.54. The Morgan fingerprint density at radius 2 is 1.78 bits per heavy atom. The quantitative estimate of drug-likeness (QED) is 0.554. The smallest absolute Gasteiger partial charge is 0.255 e. The molecule has 2 aliphatic heterocycles. The molecule has 0 radical (unpaired) electrons. The number of amides is 2. The van der Waals surface area contributed by atoms with Crippen molar-refractivity contribution >= 4 is 17.5 Å². The third kappa shape index (κ3) is 5.58. The first-order chi connectivity index (χ1) is 17.5. The number of aryl methyl sites for hydroxylation is 3. The Morgan fingerprint density at radius 3 is 2.50 bits per heavy atom. The standard InChI is InChI=1S/C30H40N4O2/c1-21-12-14-31-22(2)29(21)30(36)34-19-25-17-33(18-26(25)20-34)27-11-5-9-23(15-27)10-6-13-32-28(35)16-24-7-3-4-8-24/h5,9,11-12,14-15,24-26H,3-4,6-8,10,13,16-20H2,1-2H3,(H,32,35). The number of benzene rings is 1. The van der Waals surface area contributed by atoms with Gasteiger partial charge >= 0.3 is 0 Å². The second-order valence-corrected chi connectivity index (χ2v) is 11.2. The Bertz CT molecular complexity index is 1060. The summed E-state index contributed by atoms with van der Waals surface area (Å²) in [4.78, 5) is 34.3. The Hall–Kier alpha value is -2.89. The van der Waals surface area contributed by atoms with Crippen LogP contribution in [0.3, 0.4) is 0 Å². The number of likely N-dealkylation sites (tertiary alicyclic amines) is 1. The number of nitrogens with zero attached hydrogens (tertiary/aromatic N) is 3. The van der Waals surface area contributed by atoms with Crippen molar-refractivity contribution in [2.75, 3.05) is 37.6 Å². The molecule has 1 saturated carbocycles. The highest BCUT2D eigenvalue weighted by Gasteiger charge is 2.42. The van der Waals surface area contributed by atoms with E-state index in [1.807, 2.05) is 24.8 Å². The van der Waals surface area contributed by atoms with Gasteiger partial charge in [-0.3, -0.25) is 14.6 Å². The van der Waals surface area contributed by atoms with Gasteiger partial charge in [-0.25, -0.2) is 0 Å². The molecule has 2 atom stereocenters. The van der Waals surface area contributed by atoms with Crippen LogP contribution in [0.25, 0.3) is 0 Å². The number of carbonyl (C=O) groups excluding carboxylic acids is 2. The van der Waals surface area contributed by atoms with Gasteiger partial charge in [0.15, 0.2) is 0 Å². The van der Waals surface area contributed by atoms with Crippen LogP contribution >= 0.6 is 0 Å². The molecular formula is C30H40N4O2. The fourth-order valence-corrected chi connectivity index (χ4v) is 6.52. The molecule has 3 aliphatic rings. The Balaban J connectivity index is 1.09. The average molecular weight is 489 g/mol. The molecule has 1 aliphatic carbocycles. The molecule has 2 aromatic rings. The maximum atomic E-state index is 13.2. The van der Waals surface area contributed by atoms with Gasteiger partial charge in [0.05, 0.1) is 11.3 Å². The van der Waals surface area contributed by atoms with Crippen LogP contribution in [0.2, 0.25) is 0 Å². The van der Waals surface area contributed by atoms with E-state index >= 15 is 0 Å². The van der Waals surface area contributed by atoms with Crippen molar-refractivity contribution in [1.29, 1.82) is 0 Å². The summed E-state index contributed by atoms with van der Waals surface area (Å²) in [6, 6.07) is 10.8. The van der Waals surface area contributed by atoms with E-state index in [-0.39, 0.29) is 11.8 Å². The lowest BCUT2D eigenvalue weighted by molar-refractivity contribution is -0.121. The van der Waals surface area contributed by atoms with Crippen molar-refractivity contribution in [2.45, 2.75) is 58.8 Å². The van der Waals surface area contributed by atoms with E-state index < -0.39 is 0 Å². The molecule has 1 N–H and O–H groups in total. The number of anilines is 1. The summed E-state index contributed by atoms with van der Waals surface area (Å²) in [5.41, 5.74) is 5.22. The number of pyridine rings is 1. The zero-order chi connectivity index (χ0) is 25.1. The van der Waals surface area contributed by atoms with E-state index in [9.17, 15) is 9.59 Å². The minimum absolute atomic E-state index is 0.136. The Labute approximate surface area is 215 Å². The SMILES string of the molecule is Cc1ccnc(C)c1C(=O)N1CC2CN(c3cccc(CCCNC(=O)CC4CCCC4)c3)CC2C1. The van der Waals surface area contributed by atoms with Crippen molar-refractivity contribution in [3.63, 3.8) is 0 Å². The number of fused-ring (bicyclic) bond motifs is 1. The molecule has 6 nitrogen and oxygen atoms in total. The van der Waals surface area contributed by atoms with E-state index in [1.165, 1.54) is 36.9 Å². The van der Waals surface area contributed by atoms with Gasteiger partial charge in [-0.2, -0.15) is 0 Å². The van der Waals surface area contributed by atoms with E-state index in [4.69, 9.17) is 0 Å². The lowest BCUT2D eigenvalue weighted by atomic mass is 10.0. The highest BCUT2D eigenvalue weighted by atomic mass is 16.2. The van der Waals surface area contributed by atoms with Gasteiger partial charge in [0, 0.05) is 62.9 Å². The molecule has 192 valence electrons. The van der Waals surface area contributed by atoms with Gasteiger partial charge in [0.2, 0.25) is 5.91 Å². The van der Waals surface area contributed by atoms with Crippen molar-refractivity contribution < 1.29 is 9.59 Å². The molecule has 0 bridgehead atoms. The second kappa shape index (κ2) is 11.0. The van der Waals surface area contributed by atoms with Crippen LogP contribution in [0.15, 0.2) is 36.5 Å². The van der Waals surface area contributed by atoms with Crippen molar-refractivity contribution in [3.8, 4) is 0 Å². The van der Waals surface area contributed by atoms with E-state index in [1.54, 1.807) is 6.20 Å². The monoisotopic (exact) mass is 488 g/mol. The molecule has 0 spiro atoms. The first-order valence-corrected chi connectivity index (χ1v) is 13.8. The van der Waals surface area contributed by atoms with Gasteiger partial charge in [-0.15, -0.1) is 0 Å². The summed E-state index contributed by atoms with van der Waals surface area (Å²) in [7, 11) is 0. The van der Waals surface area contributed by atoms with Crippen molar-refractivity contribution in [3.05, 3.63) is 58.9 Å². The maximum absolute atomic E-state index is 13.2. The number of carbonyl (C=O) groups is 2. The Morgan fingerprint density at radius 1 is 1.03 bits per heavy atom. The minimum atomic E-state index is 0.136. The van der Waals surface area contributed by atoms with Crippen LogP contribution in [0.5, 0.6) is 0 Å². The van der Waals surface area contributed by atoms with Crippen LogP contribution in [-0.2, 0) is 11.2 Å². The molecule has 6 heteroatoms. The normalized spacial score (nSPS) is 21.7. The summed E-state index contributed by atoms with van der Waals surface area (Å²) >= 11 is 0. The van der Waals surface area contributed by atoms with Crippen molar-refractivity contribution in [2.24, 2.45) is 17.8 Å². The maximum Gasteiger partial charge on any atom is 0.255 e. The van der Waals surface area contributed by atoms with Gasteiger partial charge in [0.25, 0.3) is 5.91 Å². The number of nitrogens with one attached hydrogen (secondary N) is 1. The fraction of sp³-hybridized carbons (Fsp3) is 0.567. The molecular weight excluding hydrogens is 448 g/mol. The van der Waals surface area contributed by atoms with Crippen LogP contribution in [-0.4, -0.2) is 54.4 Å². The third-order valence-electron chi connectivity index (χ3n) is 8.53. The summed E-state index contributed by atoms with van der Waals surface area (Å²) in [6.07, 6.45) is 9.44. The summed E-state index contributed by atoms with van der Waals surface area (Å²) in [6.45, 7) is 8.33. The van der Waals surface area contributed by atoms with Gasteiger partial charge in [0.1, 0.15) is 0 Å². The van der Waals surface area contributed by atoms with Gasteiger partial charge in [-0.05, 0) is 74.8 Å². The number of hydrogen-bond donors (Lipinski definition) is 1. The highest BCUT2D eigenvalue weighted by Crippen LogP contribution is 2.35. The number of rotatable bonds is 8. The second-order valence-electron chi connectivity index (χ2n) is 11.2.